The Bertz CT molecular complexity index is 1080. The molecule has 160 valence electrons. The fourth-order valence-electron chi connectivity index (χ4n) is 2.97. The Morgan fingerprint density at radius 2 is 1.45 bits per heavy atom. The van der Waals surface area contributed by atoms with E-state index in [0.717, 1.165) is 20.7 Å². The molecule has 2 heterocycles. The van der Waals surface area contributed by atoms with Crippen LogP contribution in [0.25, 0.3) is 0 Å². The number of aromatic nitrogens is 2. The number of sulfonamides is 2. The number of hydrogen-bond donors (Lipinski definition) is 0. The molecule has 13 heteroatoms. The molecule has 8 nitrogen and oxygen atoms in total. The van der Waals surface area contributed by atoms with Gasteiger partial charge in [0.15, 0.2) is 5.03 Å². The predicted octanol–water partition coefficient (Wildman–Crippen LogP) is 1.52. The Balaban J connectivity index is 1.78. The summed E-state index contributed by atoms with van der Waals surface area (Å²) in [6.07, 6.45) is -1.61. The third-order valence-corrected chi connectivity index (χ3v) is 8.22. The minimum atomic E-state index is -4.56. The zero-order valence-electron chi connectivity index (χ0n) is 15.4. The van der Waals surface area contributed by atoms with Crippen LogP contribution < -0.4 is 0 Å². The van der Waals surface area contributed by atoms with Crippen molar-refractivity contribution in [2.75, 3.05) is 26.2 Å². The lowest BCUT2D eigenvalue weighted by atomic mass is 10.2. The van der Waals surface area contributed by atoms with E-state index in [2.05, 4.69) is 4.98 Å². The van der Waals surface area contributed by atoms with Gasteiger partial charge in [0.25, 0.3) is 10.0 Å². The average molecular weight is 452 g/mol. The summed E-state index contributed by atoms with van der Waals surface area (Å²) in [6, 6.07) is 3.24. The van der Waals surface area contributed by atoms with Gasteiger partial charge in [0.1, 0.15) is 0 Å². The van der Waals surface area contributed by atoms with Gasteiger partial charge >= 0.3 is 6.18 Å². The van der Waals surface area contributed by atoms with Crippen molar-refractivity contribution in [1.29, 1.82) is 0 Å². The largest absolute Gasteiger partial charge is 0.416 e. The van der Waals surface area contributed by atoms with Crippen LogP contribution in [0.1, 0.15) is 12.0 Å². The summed E-state index contributed by atoms with van der Waals surface area (Å²) < 4.78 is 92.8. The Labute approximate surface area is 166 Å². The molecule has 1 aromatic heterocycles. The van der Waals surface area contributed by atoms with Crippen LogP contribution in [-0.4, -0.2) is 61.2 Å². The molecule has 1 aromatic carbocycles. The van der Waals surface area contributed by atoms with Gasteiger partial charge in [-0.2, -0.15) is 21.8 Å². The Hall–Kier alpha value is -1.96. The number of rotatable bonds is 4. The standard InChI is InChI=1S/C16H19F3N4O4S2/c1-21-11-15(20-12-21)29(26,27)23-8-2-7-22(9-10-23)28(24,25)14-5-3-13(4-6-14)16(17,18)19/h3-6,11-12H,2,7-10H2,1H3. The van der Waals surface area contributed by atoms with E-state index in [9.17, 15) is 30.0 Å². The minimum absolute atomic E-state index is 0.0532. The molecule has 0 bridgehead atoms. The molecule has 0 aliphatic carbocycles. The lowest BCUT2D eigenvalue weighted by molar-refractivity contribution is -0.137. The van der Waals surface area contributed by atoms with E-state index < -0.39 is 31.8 Å². The van der Waals surface area contributed by atoms with Crippen LogP contribution in [-0.2, 0) is 33.3 Å². The minimum Gasteiger partial charge on any atom is -0.339 e. The van der Waals surface area contributed by atoms with E-state index >= 15 is 0 Å². The second-order valence-corrected chi connectivity index (χ2v) is 10.4. The maximum atomic E-state index is 12.8. The predicted molar refractivity (Wildman–Crippen MR) is 96.8 cm³/mol. The summed E-state index contributed by atoms with van der Waals surface area (Å²) >= 11 is 0. The molecule has 0 spiro atoms. The summed E-state index contributed by atoms with van der Waals surface area (Å²) in [4.78, 5) is 3.57. The van der Waals surface area contributed by atoms with Crippen molar-refractivity contribution < 1.29 is 30.0 Å². The lowest BCUT2D eigenvalue weighted by Gasteiger charge is -2.21. The third kappa shape index (κ3) is 4.47. The molecular weight excluding hydrogens is 433 g/mol. The number of imidazole rings is 1. The highest BCUT2D eigenvalue weighted by molar-refractivity contribution is 7.89. The maximum absolute atomic E-state index is 12.8. The van der Waals surface area contributed by atoms with Gasteiger partial charge in [-0.3, -0.25) is 0 Å². The Kier molecular flexibility index (Phi) is 5.77. The summed E-state index contributed by atoms with van der Waals surface area (Å²) in [7, 11) is -6.29. The van der Waals surface area contributed by atoms with E-state index in [1.807, 2.05) is 0 Å². The molecule has 1 aliphatic rings. The normalized spacial score (nSPS) is 17.9. The van der Waals surface area contributed by atoms with E-state index in [1.165, 1.54) is 17.1 Å². The highest BCUT2D eigenvalue weighted by Crippen LogP contribution is 2.30. The molecule has 0 amide bonds. The molecule has 1 fully saturated rings. The van der Waals surface area contributed by atoms with E-state index in [1.54, 1.807) is 7.05 Å². The summed E-state index contributed by atoms with van der Waals surface area (Å²) in [5, 5.41) is -0.126. The van der Waals surface area contributed by atoms with Gasteiger partial charge in [-0.05, 0) is 30.7 Å². The SMILES string of the molecule is Cn1cnc(S(=O)(=O)N2CCCN(S(=O)(=O)c3ccc(C(F)(F)F)cc3)CC2)c1. The van der Waals surface area contributed by atoms with Crippen molar-refractivity contribution in [3.63, 3.8) is 0 Å². The molecule has 0 saturated carbocycles. The maximum Gasteiger partial charge on any atom is 0.416 e. The molecular formula is C16H19F3N4O4S2. The van der Waals surface area contributed by atoms with Gasteiger partial charge in [0.2, 0.25) is 10.0 Å². The highest BCUT2D eigenvalue weighted by atomic mass is 32.2. The fourth-order valence-corrected chi connectivity index (χ4v) is 5.88. The van der Waals surface area contributed by atoms with E-state index in [-0.39, 0.29) is 42.5 Å². The van der Waals surface area contributed by atoms with Crippen LogP contribution in [0.2, 0.25) is 0 Å². The first kappa shape index (κ1) is 21.7. The van der Waals surface area contributed by atoms with Crippen molar-refractivity contribution in [3.05, 3.63) is 42.4 Å². The number of halogens is 3. The molecule has 29 heavy (non-hydrogen) atoms. The van der Waals surface area contributed by atoms with Gasteiger partial charge in [-0.1, -0.05) is 0 Å². The zero-order chi connectivity index (χ0) is 21.4. The first-order valence-electron chi connectivity index (χ1n) is 8.58. The van der Waals surface area contributed by atoms with E-state index in [4.69, 9.17) is 0 Å². The molecule has 0 radical (unpaired) electrons. The second-order valence-electron chi connectivity index (χ2n) is 6.56. The van der Waals surface area contributed by atoms with Crippen molar-refractivity contribution in [2.45, 2.75) is 22.5 Å². The van der Waals surface area contributed by atoms with Crippen molar-refractivity contribution in [1.82, 2.24) is 18.2 Å². The lowest BCUT2D eigenvalue weighted by Crippen LogP contribution is -2.37. The van der Waals surface area contributed by atoms with Crippen LogP contribution in [0.4, 0.5) is 13.2 Å². The van der Waals surface area contributed by atoms with E-state index in [0.29, 0.717) is 12.1 Å². The second kappa shape index (κ2) is 7.70. The topological polar surface area (TPSA) is 92.6 Å². The van der Waals surface area contributed by atoms with Crippen LogP contribution in [0, 0.1) is 0 Å². The average Bonchev–Trinajstić information content (AvgIpc) is 2.93. The Morgan fingerprint density at radius 3 is 1.93 bits per heavy atom. The number of hydrogen-bond acceptors (Lipinski definition) is 5. The molecule has 1 saturated heterocycles. The molecule has 0 atom stereocenters. The quantitative estimate of drug-likeness (QED) is 0.702. The highest BCUT2D eigenvalue weighted by Gasteiger charge is 2.34. The summed E-state index contributed by atoms with van der Waals surface area (Å²) in [5.74, 6) is 0. The van der Waals surface area contributed by atoms with Crippen LogP contribution in [0.3, 0.4) is 0 Å². The fraction of sp³-hybridized carbons (Fsp3) is 0.438. The molecule has 0 unspecified atom stereocenters. The number of aryl methyl sites for hydroxylation is 1. The van der Waals surface area contributed by atoms with Gasteiger partial charge in [-0.15, -0.1) is 0 Å². The van der Waals surface area contributed by atoms with Gasteiger partial charge < -0.3 is 4.57 Å². The molecule has 3 rings (SSSR count). The molecule has 2 aromatic rings. The molecule has 1 aliphatic heterocycles. The monoisotopic (exact) mass is 452 g/mol. The van der Waals surface area contributed by atoms with Crippen molar-refractivity contribution >= 4 is 20.0 Å². The number of nitrogens with zero attached hydrogens (tertiary/aromatic N) is 4. The van der Waals surface area contributed by atoms with Crippen molar-refractivity contribution in [2.24, 2.45) is 7.05 Å². The van der Waals surface area contributed by atoms with Crippen LogP contribution >= 0.6 is 0 Å². The van der Waals surface area contributed by atoms with Gasteiger partial charge in [-0.25, -0.2) is 21.8 Å². The third-order valence-electron chi connectivity index (χ3n) is 4.52. The van der Waals surface area contributed by atoms with Gasteiger partial charge in [0.05, 0.1) is 16.8 Å². The van der Waals surface area contributed by atoms with Crippen LogP contribution in [0.15, 0.2) is 46.7 Å². The first-order chi connectivity index (χ1) is 13.4. The summed E-state index contributed by atoms with van der Waals surface area (Å²) in [6.45, 7) is -0.0380. The number of alkyl halides is 3. The van der Waals surface area contributed by atoms with Crippen LogP contribution in [0.5, 0.6) is 0 Å². The first-order valence-corrected chi connectivity index (χ1v) is 11.5. The zero-order valence-corrected chi connectivity index (χ0v) is 17.0. The summed E-state index contributed by atoms with van der Waals surface area (Å²) in [5.41, 5.74) is -0.944. The van der Waals surface area contributed by atoms with Gasteiger partial charge in [0, 0.05) is 39.4 Å². The smallest absolute Gasteiger partial charge is 0.339 e. The number of benzene rings is 1. The Morgan fingerprint density at radius 1 is 0.897 bits per heavy atom. The molecule has 0 N–H and O–H groups in total. The van der Waals surface area contributed by atoms with Crippen molar-refractivity contribution in [3.8, 4) is 0 Å².